The molecule has 0 spiro atoms. The molecule has 0 bridgehead atoms. The number of aromatic nitrogens is 1. The van der Waals surface area contributed by atoms with Gasteiger partial charge in [0, 0.05) is 6.20 Å². The van der Waals surface area contributed by atoms with Crippen LogP contribution in [0.25, 0.3) is 0 Å². The highest BCUT2D eigenvalue weighted by molar-refractivity contribution is 7.89. The van der Waals surface area contributed by atoms with Gasteiger partial charge in [-0.3, -0.25) is 9.63 Å². The van der Waals surface area contributed by atoms with E-state index in [9.17, 15) is 13.2 Å². The standard InChI is InChI=1S/C7H7Cl2N3O4S/c8-5-1-4(2-11-7(5)9)17(14,15)12-16-3-6(10)13/h1-2,12H,3H2,(H2,10,13). The number of halogens is 2. The quantitative estimate of drug-likeness (QED) is 0.591. The van der Waals surface area contributed by atoms with E-state index in [1.165, 1.54) is 0 Å². The third kappa shape index (κ3) is 4.10. The first-order valence-corrected chi connectivity index (χ1v) is 6.30. The van der Waals surface area contributed by atoms with Crippen LogP contribution >= 0.6 is 23.2 Å². The zero-order valence-corrected chi connectivity index (χ0v) is 10.5. The van der Waals surface area contributed by atoms with Crippen LogP contribution in [0.5, 0.6) is 0 Å². The first kappa shape index (κ1) is 14.1. The normalized spacial score (nSPS) is 11.4. The number of amides is 1. The minimum Gasteiger partial charge on any atom is -0.368 e. The summed E-state index contributed by atoms with van der Waals surface area (Å²) in [6.45, 7) is -0.589. The molecule has 94 valence electrons. The molecule has 7 nitrogen and oxygen atoms in total. The van der Waals surface area contributed by atoms with Crippen LogP contribution in [0, 0.1) is 0 Å². The van der Waals surface area contributed by atoms with Gasteiger partial charge in [0.25, 0.3) is 10.0 Å². The van der Waals surface area contributed by atoms with Crippen molar-refractivity contribution in [3.05, 3.63) is 22.4 Å². The van der Waals surface area contributed by atoms with E-state index in [1.807, 2.05) is 0 Å². The van der Waals surface area contributed by atoms with E-state index in [-0.39, 0.29) is 15.1 Å². The van der Waals surface area contributed by atoms with E-state index < -0.39 is 22.5 Å². The van der Waals surface area contributed by atoms with E-state index >= 15 is 0 Å². The minimum atomic E-state index is -3.98. The zero-order chi connectivity index (χ0) is 13.1. The second-order valence-corrected chi connectivity index (χ2v) is 5.20. The van der Waals surface area contributed by atoms with Crippen LogP contribution in [0.15, 0.2) is 17.2 Å². The van der Waals surface area contributed by atoms with E-state index in [2.05, 4.69) is 9.82 Å². The van der Waals surface area contributed by atoms with Gasteiger partial charge in [-0.05, 0) is 6.07 Å². The van der Waals surface area contributed by atoms with Crippen molar-refractivity contribution in [2.45, 2.75) is 4.90 Å². The number of hydrogen-bond acceptors (Lipinski definition) is 5. The van der Waals surface area contributed by atoms with Gasteiger partial charge in [-0.25, -0.2) is 13.4 Å². The molecule has 0 aliphatic heterocycles. The summed E-state index contributed by atoms with van der Waals surface area (Å²) in [4.78, 5) is 19.7. The van der Waals surface area contributed by atoms with Crippen molar-refractivity contribution >= 4 is 39.1 Å². The lowest BCUT2D eigenvalue weighted by Gasteiger charge is -2.06. The van der Waals surface area contributed by atoms with Crippen molar-refractivity contribution in [2.24, 2.45) is 5.73 Å². The molecule has 0 aromatic carbocycles. The molecular weight excluding hydrogens is 293 g/mol. The maximum atomic E-state index is 11.5. The number of carbonyl (C=O) groups excluding carboxylic acids is 1. The van der Waals surface area contributed by atoms with Gasteiger partial charge in [0.2, 0.25) is 5.91 Å². The molecule has 1 heterocycles. The first-order valence-electron chi connectivity index (χ1n) is 4.06. The van der Waals surface area contributed by atoms with Gasteiger partial charge in [-0.2, -0.15) is 0 Å². The number of nitrogens with two attached hydrogens (primary N) is 1. The van der Waals surface area contributed by atoms with Crippen molar-refractivity contribution in [1.82, 2.24) is 9.87 Å². The van der Waals surface area contributed by atoms with Crippen molar-refractivity contribution in [3.8, 4) is 0 Å². The summed E-state index contributed by atoms with van der Waals surface area (Å²) >= 11 is 11.1. The maximum absolute atomic E-state index is 11.5. The topological polar surface area (TPSA) is 111 Å². The Morgan fingerprint density at radius 3 is 2.71 bits per heavy atom. The average Bonchev–Trinajstić information content (AvgIpc) is 2.21. The number of nitrogens with zero attached hydrogens (tertiary/aromatic N) is 1. The summed E-state index contributed by atoms with van der Waals surface area (Å²) < 4.78 is 23.1. The Morgan fingerprint density at radius 1 is 1.53 bits per heavy atom. The zero-order valence-electron chi connectivity index (χ0n) is 8.18. The van der Waals surface area contributed by atoms with E-state index in [4.69, 9.17) is 28.9 Å². The lowest BCUT2D eigenvalue weighted by Crippen LogP contribution is -2.29. The molecule has 1 aromatic heterocycles. The van der Waals surface area contributed by atoms with Gasteiger partial charge in [0.15, 0.2) is 0 Å². The second-order valence-electron chi connectivity index (χ2n) is 2.79. The molecule has 0 saturated carbocycles. The molecule has 0 atom stereocenters. The molecule has 1 rings (SSSR count). The fourth-order valence-corrected chi connectivity index (χ4v) is 1.89. The van der Waals surface area contributed by atoms with Crippen LogP contribution in [0.2, 0.25) is 10.2 Å². The summed E-state index contributed by atoms with van der Waals surface area (Å²) in [5.41, 5.74) is 4.75. The number of nitrogens with one attached hydrogen (secondary N) is 1. The van der Waals surface area contributed by atoms with E-state index in [0.29, 0.717) is 0 Å². The monoisotopic (exact) mass is 299 g/mol. The van der Waals surface area contributed by atoms with Gasteiger partial charge in [0.1, 0.15) is 16.7 Å². The summed E-state index contributed by atoms with van der Waals surface area (Å²) in [6, 6.07) is 1.09. The predicted octanol–water partition coefficient (Wildman–Crippen LogP) is 0.0836. The Labute approximate surface area is 107 Å². The molecule has 0 aliphatic rings. The maximum Gasteiger partial charge on any atom is 0.264 e. The fourth-order valence-electron chi connectivity index (χ4n) is 0.777. The smallest absolute Gasteiger partial charge is 0.264 e. The largest absolute Gasteiger partial charge is 0.368 e. The van der Waals surface area contributed by atoms with Crippen LogP contribution in [0.3, 0.4) is 0 Å². The van der Waals surface area contributed by atoms with Crippen LogP contribution in [-0.4, -0.2) is 25.9 Å². The molecule has 0 unspecified atom stereocenters. The fraction of sp³-hybridized carbons (Fsp3) is 0.143. The first-order chi connectivity index (χ1) is 7.83. The molecule has 3 N–H and O–H groups in total. The highest BCUT2D eigenvalue weighted by atomic mass is 35.5. The summed E-state index contributed by atoms with van der Waals surface area (Å²) in [5.74, 6) is -0.819. The number of sulfonamides is 1. The van der Waals surface area contributed by atoms with Gasteiger partial charge in [-0.15, -0.1) is 0 Å². The molecular formula is C7H7Cl2N3O4S. The second kappa shape index (κ2) is 5.61. The number of rotatable bonds is 5. The van der Waals surface area contributed by atoms with E-state index in [1.54, 1.807) is 4.89 Å². The Kier molecular flexibility index (Phi) is 4.66. The Hall–Kier alpha value is -0.930. The van der Waals surface area contributed by atoms with Crippen LogP contribution in [-0.2, 0) is 19.7 Å². The Morgan fingerprint density at radius 2 is 2.18 bits per heavy atom. The molecule has 17 heavy (non-hydrogen) atoms. The Bertz CT molecular complexity index is 534. The van der Waals surface area contributed by atoms with Gasteiger partial charge >= 0.3 is 0 Å². The molecule has 0 radical (unpaired) electrons. The highest BCUT2D eigenvalue weighted by Crippen LogP contribution is 2.21. The van der Waals surface area contributed by atoms with Gasteiger partial charge < -0.3 is 5.73 Å². The van der Waals surface area contributed by atoms with Crippen LogP contribution in [0.1, 0.15) is 0 Å². The van der Waals surface area contributed by atoms with Crippen molar-refractivity contribution in [1.29, 1.82) is 0 Å². The molecule has 10 heteroatoms. The average molecular weight is 300 g/mol. The number of pyridine rings is 1. The number of primary amides is 1. The Balaban J connectivity index is 2.82. The van der Waals surface area contributed by atoms with Crippen LogP contribution < -0.4 is 10.6 Å². The third-order valence-corrected chi connectivity index (χ3v) is 3.33. The summed E-state index contributed by atoms with van der Waals surface area (Å²) in [7, 11) is -3.98. The lowest BCUT2D eigenvalue weighted by molar-refractivity contribution is -0.123. The summed E-state index contributed by atoms with van der Waals surface area (Å²) in [6.07, 6.45) is 0.990. The van der Waals surface area contributed by atoms with Crippen molar-refractivity contribution < 1.29 is 18.0 Å². The summed E-state index contributed by atoms with van der Waals surface area (Å²) in [5, 5.41) is -0.0480. The lowest BCUT2D eigenvalue weighted by atomic mass is 10.5. The van der Waals surface area contributed by atoms with Crippen molar-refractivity contribution in [2.75, 3.05) is 6.61 Å². The van der Waals surface area contributed by atoms with Gasteiger partial charge in [0.05, 0.1) is 5.02 Å². The molecule has 0 saturated heterocycles. The predicted molar refractivity (Wildman–Crippen MR) is 59.7 cm³/mol. The highest BCUT2D eigenvalue weighted by Gasteiger charge is 2.16. The SMILES string of the molecule is NC(=O)CONS(=O)(=O)c1cnc(Cl)c(Cl)c1. The van der Waals surface area contributed by atoms with Crippen molar-refractivity contribution in [3.63, 3.8) is 0 Å². The van der Waals surface area contributed by atoms with E-state index in [0.717, 1.165) is 12.3 Å². The number of hydrogen-bond donors (Lipinski definition) is 2. The molecule has 1 amide bonds. The van der Waals surface area contributed by atoms with Crippen LogP contribution in [0.4, 0.5) is 0 Å². The molecule has 0 aliphatic carbocycles. The third-order valence-electron chi connectivity index (χ3n) is 1.46. The molecule has 1 aromatic rings. The minimum absolute atomic E-state index is 0.0237. The van der Waals surface area contributed by atoms with Gasteiger partial charge in [-0.1, -0.05) is 28.1 Å². The number of carbonyl (C=O) groups is 1. The molecule has 0 fully saturated rings.